The second kappa shape index (κ2) is 13.8. The predicted molar refractivity (Wildman–Crippen MR) is 110 cm³/mol. The SMILES string of the molecule is CN=C(NCCCN(C(C)C)C(C)C)NCCC(=O)N(C)C.I. The molecule has 0 aromatic heterocycles. The molecule has 0 bridgehead atoms. The minimum absolute atomic E-state index is 0. The van der Waals surface area contributed by atoms with Gasteiger partial charge in [0, 0.05) is 59.3 Å². The molecular weight excluding hydrogens is 405 g/mol. The minimum Gasteiger partial charge on any atom is -0.356 e. The van der Waals surface area contributed by atoms with Crippen LogP contribution in [0.3, 0.4) is 0 Å². The van der Waals surface area contributed by atoms with Crippen LogP contribution in [0, 0.1) is 0 Å². The zero-order valence-corrected chi connectivity index (χ0v) is 18.2. The minimum atomic E-state index is 0. The van der Waals surface area contributed by atoms with Crippen molar-refractivity contribution in [2.24, 2.45) is 4.99 Å². The number of amides is 1. The summed E-state index contributed by atoms with van der Waals surface area (Å²) in [6.07, 6.45) is 1.54. The normalized spacial score (nSPS) is 11.7. The van der Waals surface area contributed by atoms with E-state index in [1.165, 1.54) is 0 Å². The van der Waals surface area contributed by atoms with Crippen molar-refractivity contribution in [2.45, 2.75) is 52.6 Å². The molecule has 0 saturated carbocycles. The molecule has 0 fully saturated rings. The first kappa shape index (κ1) is 24.7. The van der Waals surface area contributed by atoms with E-state index < -0.39 is 0 Å². The van der Waals surface area contributed by atoms with Gasteiger partial charge in [-0.05, 0) is 34.1 Å². The van der Waals surface area contributed by atoms with Gasteiger partial charge >= 0.3 is 0 Å². The van der Waals surface area contributed by atoms with Crippen LogP contribution in [0.4, 0.5) is 0 Å². The van der Waals surface area contributed by atoms with E-state index in [9.17, 15) is 4.79 Å². The summed E-state index contributed by atoms with van der Waals surface area (Å²) in [5.41, 5.74) is 0. The van der Waals surface area contributed by atoms with E-state index in [1.54, 1.807) is 26.0 Å². The summed E-state index contributed by atoms with van der Waals surface area (Å²) < 4.78 is 0. The predicted octanol–water partition coefficient (Wildman–Crippen LogP) is 1.76. The fourth-order valence-corrected chi connectivity index (χ4v) is 2.31. The molecular formula is C16H36IN5O. The first-order chi connectivity index (χ1) is 10.3. The Hall–Kier alpha value is -0.570. The average molecular weight is 441 g/mol. The zero-order valence-electron chi connectivity index (χ0n) is 15.8. The fraction of sp³-hybridized carbons (Fsp3) is 0.875. The van der Waals surface area contributed by atoms with Crippen molar-refractivity contribution in [2.75, 3.05) is 40.8 Å². The Balaban J connectivity index is 0. The Labute approximate surface area is 159 Å². The molecule has 0 aliphatic carbocycles. The summed E-state index contributed by atoms with van der Waals surface area (Å²) in [5.74, 6) is 0.875. The van der Waals surface area contributed by atoms with Crippen molar-refractivity contribution in [3.05, 3.63) is 0 Å². The smallest absolute Gasteiger partial charge is 0.223 e. The van der Waals surface area contributed by atoms with E-state index >= 15 is 0 Å². The zero-order chi connectivity index (χ0) is 17.1. The van der Waals surface area contributed by atoms with E-state index in [-0.39, 0.29) is 29.9 Å². The molecule has 138 valence electrons. The van der Waals surface area contributed by atoms with Crippen molar-refractivity contribution >= 4 is 35.8 Å². The van der Waals surface area contributed by atoms with E-state index in [2.05, 4.69) is 48.2 Å². The maximum atomic E-state index is 11.5. The maximum Gasteiger partial charge on any atom is 0.223 e. The molecule has 0 aromatic rings. The van der Waals surface area contributed by atoms with Gasteiger partial charge in [0.1, 0.15) is 0 Å². The number of nitrogens with one attached hydrogen (secondary N) is 2. The van der Waals surface area contributed by atoms with Gasteiger partial charge in [-0.15, -0.1) is 24.0 Å². The molecule has 0 atom stereocenters. The molecule has 1 amide bonds. The Kier molecular flexibility index (Phi) is 14.8. The van der Waals surface area contributed by atoms with Gasteiger partial charge in [0.15, 0.2) is 5.96 Å². The highest BCUT2D eigenvalue weighted by atomic mass is 127. The third-order valence-corrected chi connectivity index (χ3v) is 3.57. The second-order valence-electron chi connectivity index (χ2n) is 6.24. The average Bonchev–Trinajstić information content (AvgIpc) is 2.43. The van der Waals surface area contributed by atoms with Crippen LogP contribution in [0.1, 0.15) is 40.5 Å². The van der Waals surface area contributed by atoms with Crippen LogP contribution < -0.4 is 10.6 Å². The first-order valence-electron chi connectivity index (χ1n) is 8.20. The highest BCUT2D eigenvalue weighted by Crippen LogP contribution is 2.05. The van der Waals surface area contributed by atoms with E-state index in [0.29, 0.717) is 25.0 Å². The summed E-state index contributed by atoms with van der Waals surface area (Å²) in [6.45, 7) is 11.5. The van der Waals surface area contributed by atoms with Gasteiger partial charge in [0.2, 0.25) is 5.91 Å². The number of halogens is 1. The highest BCUT2D eigenvalue weighted by molar-refractivity contribution is 14.0. The maximum absolute atomic E-state index is 11.5. The molecule has 0 unspecified atom stereocenters. The number of aliphatic imine (C=N–C) groups is 1. The van der Waals surface area contributed by atoms with Crippen LogP contribution in [0.2, 0.25) is 0 Å². The van der Waals surface area contributed by atoms with Gasteiger partial charge in [0.05, 0.1) is 0 Å². The largest absolute Gasteiger partial charge is 0.356 e. The number of carbonyl (C=O) groups is 1. The summed E-state index contributed by atoms with van der Waals surface area (Å²) >= 11 is 0. The van der Waals surface area contributed by atoms with E-state index in [0.717, 1.165) is 25.5 Å². The topological polar surface area (TPSA) is 60.0 Å². The molecule has 6 nitrogen and oxygen atoms in total. The standard InChI is InChI=1S/C16H35N5O.HI/c1-13(2)21(14(3)4)12-8-10-18-16(17-5)19-11-9-15(22)20(6)7;/h13-14H,8-12H2,1-7H3,(H2,17,18,19);1H. The quantitative estimate of drug-likeness (QED) is 0.248. The van der Waals surface area contributed by atoms with E-state index in [4.69, 9.17) is 0 Å². The summed E-state index contributed by atoms with van der Waals surface area (Å²) in [4.78, 5) is 19.7. The van der Waals surface area contributed by atoms with Crippen LogP contribution in [0.15, 0.2) is 4.99 Å². The molecule has 0 spiro atoms. The number of hydrogen-bond donors (Lipinski definition) is 2. The number of nitrogens with zero attached hydrogens (tertiary/aromatic N) is 3. The molecule has 0 aliphatic rings. The number of rotatable bonds is 9. The van der Waals surface area contributed by atoms with Gasteiger partial charge in [-0.1, -0.05) is 0 Å². The number of guanidine groups is 1. The van der Waals surface area contributed by atoms with Crippen LogP contribution in [0.5, 0.6) is 0 Å². The molecule has 0 radical (unpaired) electrons. The Bertz CT molecular complexity index is 337. The molecule has 7 heteroatoms. The van der Waals surface area contributed by atoms with Gasteiger partial charge in [0.25, 0.3) is 0 Å². The number of carbonyl (C=O) groups excluding carboxylic acids is 1. The first-order valence-corrected chi connectivity index (χ1v) is 8.20. The van der Waals surface area contributed by atoms with Crippen LogP contribution >= 0.6 is 24.0 Å². The van der Waals surface area contributed by atoms with Crippen molar-refractivity contribution in [1.82, 2.24) is 20.4 Å². The van der Waals surface area contributed by atoms with Crippen LogP contribution in [0.25, 0.3) is 0 Å². The molecule has 2 N–H and O–H groups in total. The third kappa shape index (κ3) is 11.6. The lowest BCUT2D eigenvalue weighted by Gasteiger charge is -2.30. The lowest BCUT2D eigenvalue weighted by molar-refractivity contribution is -0.128. The molecule has 0 saturated heterocycles. The number of hydrogen-bond acceptors (Lipinski definition) is 3. The Morgan fingerprint density at radius 2 is 1.57 bits per heavy atom. The van der Waals surface area contributed by atoms with Crippen molar-refractivity contribution < 1.29 is 4.79 Å². The van der Waals surface area contributed by atoms with Gasteiger partial charge in [-0.25, -0.2) is 0 Å². The summed E-state index contributed by atoms with van der Waals surface area (Å²) in [5, 5.41) is 6.46. The monoisotopic (exact) mass is 441 g/mol. The third-order valence-electron chi connectivity index (χ3n) is 3.57. The van der Waals surface area contributed by atoms with Gasteiger partial charge in [-0.3, -0.25) is 14.7 Å². The lowest BCUT2D eigenvalue weighted by atomic mass is 10.2. The Morgan fingerprint density at radius 3 is 2.00 bits per heavy atom. The summed E-state index contributed by atoms with van der Waals surface area (Å²) in [7, 11) is 5.28. The Morgan fingerprint density at radius 1 is 1.04 bits per heavy atom. The summed E-state index contributed by atoms with van der Waals surface area (Å²) in [6, 6.07) is 1.13. The molecule has 0 aliphatic heterocycles. The van der Waals surface area contributed by atoms with Crippen LogP contribution in [-0.4, -0.2) is 74.5 Å². The van der Waals surface area contributed by atoms with Crippen molar-refractivity contribution in [3.8, 4) is 0 Å². The molecule has 0 heterocycles. The van der Waals surface area contributed by atoms with Crippen molar-refractivity contribution in [1.29, 1.82) is 0 Å². The molecule has 0 rings (SSSR count). The van der Waals surface area contributed by atoms with E-state index in [1.807, 2.05) is 0 Å². The highest BCUT2D eigenvalue weighted by Gasteiger charge is 2.12. The molecule has 0 aromatic carbocycles. The lowest BCUT2D eigenvalue weighted by Crippen LogP contribution is -2.42. The van der Waals surface area contributed by atoms with Crippen molar-refractivity contribution in [3.63, 3.8) is 0 Å². The molecule has 23 heavy (non-hydrogen) atoms. The second-order valence-corrected chi connectivity index (χ2v) is 6.24. The van der Waals surface area contributed by atoms with Gasteiger partial charge < -0.3 is 15.5 Å². The fourth-order valence-electron chi connectivity index (χ4n) is 2.31. The van der Waals surface area contributed by atoms with Gasteiger partial charge in [-0.2, -0.15) is 0 Å². The van der Waals surface area contributed by atoms with Crippen LogP contribution in [-0.2, 0) is 4.79 Å².